The van der Waals surface area contributed by atoms with Gasteiger partial charge in [-0.2, -0.15) is 4.98 Å². The molecule has 122 valence electrons. The van der Waals surface area contributed by atoms with Crippen LogP contribution in [0.2, 0.25) is 0 Å². The zero-order chi connectivity index (χ0) is 16.4. The van der Waals surface area contributed by atoms with Crippen LogP contribution in [0.4, 0.5) is 0 Å². The van der Waals surface area contributed by atoms with E-state index in [4.69, 9.17) is 12.2 Å². The Bertz CT molecular complexity index is 741. The van der Waals surface area contributed by atoms with Gasteiger partial charge in [-0.05, 0) is 19.1 Å². The van der Waals surface area contributed by atoms with E-state index in [-0.39, 0.29) is 5.91 Å². The van der Waals surface area contributed by atoms with E-state index in [2.05, 4.69) is 34.0 Å². The molecule has 0 bridgehead atoms. The van der Waals surface area contributed by atoms with Crippen LogP contribution in [0.3, 0.4) is 0 Å². The molecule has 0 radical (unpaired) electrons. The standard InChI is InChI=1S/C16H21N5OS/c1-12-3-5-14(6-4-12)15-17-16(23)21(18-15)11-19-7-9-20(10-8-19)13(2)22/h3-6H,7-11H2,1-2H3,(H,17,18,23). The Hall–Kier alpha value is -1.99. The fourth-order valence-corrected chi connectivity index (χ4v) is 2.89. The molecule has 1 aliphatic heterocycles. The highest BCUT2D eigenvalue weighted by molar-refractivity contribution is 7.71. The highest BCUT2D eigenvalue weighted by atomic mass is 32.1. The van der Waals surface area contributed by atoms with Gasteiger partial charge in [0.15, 0.2) is 5.82 Å². The average molecular weight is 331 g/mol. The van der Waals surface area contributed by atoms with Crippen LogP contribution < -0.4 is 0 Å². The Morgan fingerprint density at radius 3 is 2.48 bits per heavy atom. The Morgan fingerprint density at radius 2 is 1.87 bits per heavy atom. The molecule has 0 unspecified atom stereocenters. The highest BCUT2D eigenvalue weighted by Crippen LogP contribution is 2.15. The third-order valence-corrected chi connectivity index (χ3v) is 4.47. The first kappa shape index (κ1) is 15.9. The highest BCUT2D eigenvalue weighted by Gasteiger charge is 2.19. The van der Waals surface area contributed by atoms with Gasteiger partial charge < -0.3 is 4.90 Å². The first-order chi connectivity index (χ1) is 11.0. The van der Waals surface area contributed by atoms with Crippen molar-refractivity contribution in [2.75, 3.05) is 26.2 Å². The fraction of sp³-hybridized carbons (Fsp3) is 0.438. The molecule has 2 heterocycles. The quantitative estimate of drug-likeness (QED) is 0.875. The van der Waals surface area contributed by atoms with Gasteiger partial charge in [0.05, 0.1) is 6.67 Å². The summed E-state index contributed by atoms with van der Waals surface area (Å²) in [4.78, 5) is 20.0. The van der Waals surface area contributed by atoms with Crippen LogP contribution in [0.15, 0.2) is 24.3 Å². The van der Waals surface area contributed by atoms with E-state index >= 15 is 0 Å². The molecule has 0 aliphatic carbocycles. The molecule has 1 aromatic heterocycles. The maximum absolute atomic E-state index is 11.4. The van der Waals surface area contributed by atoms with Crippen molar-refractivity contribution in [3.05, 3.63) is 34.6 Å². The number of hydrogen-bond donors (Lipinski definition) is 1. The third kappa shape index (κ3) is 3.68. The molecule has 2 aromatic rings. The molecule has 1 saturated heterocycles. The zero-order valence-electron chi connectivity index (χ0n) is 13.5. The second-order valence-corrected chi connectivity index (χ2v) is 6.28. The topological polar surface area (TPSA) is 57.2 Å². The van der Waals surface area contributed by atoms with Gasteiger partial charge in [0.25, 0.3) is 0 Å². The maximum Gasteiger partial charge on any atom is 0.219 e. The number of aromatic amines is 1. The summed E-state index contributed by atoms with van der Waals surface area (Å²) in [6.07, 6.45) is 0. The van der Waals surface area contributed by atoms with E-state index in [9.17, 15) is 4.79 Å². The molecule has 1 aromatic carbocycles. The Kier molecular flexibility index (Phi) is 4.58. The molecule has 1 N–H and O–H groups in total. The molecule has 3 rings (SSSR count). The maximum atomic E-state index is 11.4. The minimum atomic E-state index is 0.143. The lowest BCUT2D eigenvalue weighted by Gasteiger charge is -2.33. The SMILES string of the molecule is CC(=O)N1CCN(Cn2[nH]c(-c3ccc(C)cc3)nc2=S)CC1. The van der Waals surface area contributed by atoms with Gasteiger partial charge in [-0.25, -0.2) is 4.68 Å². The molecule has 1 amide bonds. The van der Waals surface area contributed by atoms with Crippen molar-refractivity contribution in [1.82, 2.24) is 24.6 Å². The predicted octanol–water partition coefficient (Wildman–Crippen LogP) is 2.04. The van der Waals surface area contributed by atoms with Crippen molar-refractivity contribution in [3.63, 3.8) is 0 Å². The van der Waals surface area contributed by atoms with Gasteiger partial charge in [0.2, 0.25) is 10.7 Å². The van der Waals surface area contributed by atoms with E-state index < -0.39 is 0 Å². The minimum Gasteiger partial charge on any atom is -0.340 e. The number of H-pyrrole nitrogens is 1. The number of rotatable bonds is 3. The number of carbonyl (C=O) groups excluding carboxylic acids is 1. The molecule has 0 saturated carbocycles. The van der Waals surface area contributed by atoms with E-state index in [1.54, 1.807) is 6.92 Å². The van der Waals surface area contributed by atoms with Crippen LogP contribution >= 0.6 is 12.2 Å². The number of nitrogens with zero attached hydrogens (tertiary/aromatic N) is 4. The van der Waals surface area contributed by atoms with E-state index in [0.717, 1.165) is 37.6 Å². The summed E-state index contributed by atoms with van der Waals surface area (Å²) in [5.74, 6) is 0.932. The van der Waals surface area contributed by atoms with Crippen molar-refractivity contribution in [2.24, 2.45) is 0 Å². The second kappa shape index (κ2) is 6.64. The van der Waals surface area contributed by atoms with Gasteiger partial charge >= 0.3 is 0 Å². The van der Waals surface area contributed by atoms with Crippen molar-refractivity contribution in [3.8, 4) is 11.4 Å². The molecule has 7 heteroatoms. The van der Waals surface area contributed by atoms with E-state index in [1.807, 2.05) is 21.7 Å². The normalized spacial score (nSPS) is 15.8. The number of aromatic nitrogens is 3. The van der Waals surface area contributed by atoms with Crippen LogP contribution in [0.25, 0.3) is 11.4 Å². The summed E-state index contributed by atoms with van der Waals surface area (Å²) >= 11 is 5.36. The van der Waals surface area contributed by atoms with Crippen molar-refractivity contribution >= 4 is 18.1 Å². The molecule has 0 spiro atoms. The first-order valence-corrected chi connectivity index (χ1v) is 8.15. The third-order valence-electron chi connectivity index (χ3n) is 4.16. The molecule has 23 heavy (non-hydrogen) atoms. The van der Waals surface area contributed by atoms with Crippen LogP contribution in [0.5, 0.6) is 0 Å². The number of amides is 1. The number of nitrogens with one attached hydrogen (secondary N) is 1. The van der Waals surface area contributed by atoms with Crippen LogP contribution in [-0.4, -0.2) is 56.7 Å². The molecular formula is C16H21N5OS. The Morgan fingerprint density at radius 1 is 1.22 bits per heavy atom. The number of piperazine rings is 1. The molecule has 6 nitrogen and oxygen atoms in total. The summed E-state index contributed by atoms with van der Waals surface area (Å²) in [6.45, 7) is 7.58. The predicted molar refractivity (Wildman–Crippen MR) is 91.4 cm³/mol. The summed E-state index contributed by atoms with van der Waals surface area (Å²) < 4.78 is 2.43. The monoisotopic (exact) mass is 331 g/mol. The van der Waals surface area contributed by atoms with Crippen molar-refractivity contribution in [1.29, 1.82) is 0 Å². The van der Waals surface area contributed by atoms with Crippen LogP contribution in [0.1, 0.15) is 12.5 Å². The lowest BCUT2D eigenvalue weighted by Crippen LogP contribution is -2.48. The van der Waals surface area contributed by atoms with Crippen molar-refractivity contribution in [2.45, 2.75) is 20.5 Å². The summed E-state index contributed by atoms with van der Waals surface area (Å²) in [5, 5.41) is 3.28. The lowest BCUT2D eigenvalue weighted by molar-refractivity contribution is -0.130. The number of carbonyl (C=O) groups is 1. The number of hydrogen-bond acceptors (Lipinski definition) is 4. The van der Waals surface area contributed by atoms with Gasteiger partial charge in [0, 0.05) is 38.7 Å². The molecular weight excluding hydrogens is 310 g/mol. The smallest absolute Gasteiger partial charge is 0.219 e. The van der Waals surface area contributed by atoms with Gasteiger partial charge in [-0.1, -0.05) is 29.8 Å². The zero-order valence-corrected chi connectivity index (χ0v) is 14.3. The molecule has 0 atom stereocenters. The minimum absolute atomic E-state index is 0.143. The first-order valence-electron chi connectivity index (χ1n) is 7.75. The van der Waals surface area contributed by atoms with Gasteiger partial charge in [0.1, 0.15) is 0 Å². The average Bonchev–Trinajstić information content (AvgIpc) is 2.89. The second-order valence-electron chi connectivity index (χ2n) is 5.91. The number of aryl methyl sites for hydroxylation is 1. The molecule has 1 fully saturated rings. The molecule has 1 aliphatic rings. The van der Waals surface area contributed by atoms with Gasteiger partial charge in [-0.3, -0.25) is 14.8 Å². The largest absolute Gasteiger partial charge is 0.340 e. The summed E-state index contributed by atoms with van der Waals surface area (Å²) in [6, 6.07) is 8.20. The van der Waals surface area contributed by atoms with Crippen LogP contribution in [0, 0.1) is 11.7 Å². The summed E-state index contributed by atoms with van der Waals surface area (Å²) in [7, 11) is 0. The van der Waals surface area contributed by atoms with Gasteiger partial charge in [-0.15, -0.1) is 0 Å². The Balaban J connectivity index is 1.69. The fourth-order valence-electron chi connectivity index (χ4n) is 2.70. The Labute approximate surface area is 140 Å². The van der Waals surface area contributed by atoms with E-state index in [0.29, 0.717) is 11.4 Å². The van der Waals surface area contributed by atoms with Crippen molar-refractivity contribution < 1.29 is 4.79 Å². The van der Waals surface area contributed by atoms with E-state index in [1.165, 1.54) is 5.56 Å². The van der Waals surface area contributed by atoms with Crippen LogP contribution in [-0.2, 0) is 11.5 Å². The lowest BCUT2D eigenvalue weighted by atomic mass is 10.1. The number of benzene rings is 1. The summed E-state index contributed by atoms with van der Waals surface area (Å²) in [5.41, 5.74) is 2.25.